The Hall–Kier alpha value is -4.09. The van der Waals surface area contributed by atoms with Crippen molar-refractivity contribution < 1.29 is 23.4 Å². The molecule has 0 radical (unpaired) electrons. The van der Waals surface area contributed by atoms with Crippen LogP contribution in [0.2, 0.25) is 0 Å². The van der Waals surface area contributed by atoms with Gasteiger partial charge in [0.2, 0.25) is 0 Å². The number of hydrogen-bond donors (Lipinski definition) is 0. The number of hydrogen-bond acceptors (Lipinski definition) is 9. The SMILES string of the molecule is C=CCCC1(C)CCN(c2c(C(OC(C)(C)C)C(=O)OCC)c(C)nc3cc(-c4ncc(Cc5ccc(F)cc5OC(C)CC=C)s4)nn23)CC1. The molecular weight excluding hydrogens is 666 g/mol. The number of aromatic nitrogens is 4. The predicted molar refractivity (Wildman–Crippen MR) is 202 cm³/mol. The fourth-order valence-corrected chi connectivity index (χ4v) is 7.46. The summed E-state index contributed by atoms with van der Waals surface area (Å²) >= 11 is 1.52. The fraction of sp³-hybridized carbons (Fsp3) is 0.500. The summed E-state index contributed by atoms with van der Waals surface area (Å²) in [4.78, 5) is 26.6. The number of piperidine rings is 1. The van der Waals surface area contributed by atoms with Crippen molar-refractivity contribution in [1.29, 1.82) is 0 Å². The van der Waals surface area contributed by atoms with Crippen molar-refractivity contribution in [2.24, 2.45) is 5.41 Å². The summed E-state index contributed by atoms with van der Waals surface area (Å²) in [6, 6.07) is 6.58. The third-order valence-corrected chi connectivity index (χ3v) is 10.3. The highest BCUT2D eigenvalue weighted by molar-refractivity contribution is 7.15. The van der Waals surface area contributed by atoms with Gasteiger partial charge in [-0.2, -0.15) is 9.61 Å². The highest BCUT2D eigenvalue weighted by Gasteiger charge is 2.38. The number of anilines is 1. The van der Waals surface area contributed by atoms with Crippen molar-refractivity contribution in [2.45, 2.75) is 105 Å². The van der Waals surface area contributed by atoms with E-state index in [1.165, 1.54) is 23.5 Å². The van der Waals surface area contributed by atoms with Gasteiger partial charge in [0.1, 0.15) is 28.1 Å². The Morgan fingerprint density at radius 1 is 1.18 bits per heavy atom. The Balaban J connectivity index is 1.56. The molecule has 0 aliphatic carbocycles. The van der Waals surface area contributed by atoms with Crippen LogP contribution in [0.15, 0.2) is 55.8 Å². The lowest BCUT2D eigenvalue weighted by Crippen LogP contribution is -2.41. The van der Waals surface area contributed by atoms with E-state index in [4.69, 9.17) is 29.3 Å². The molecule has 9 nitrogen and oxygen atoms in total. The maximum atomic E-state index is 14.2. The number of fused-ring (bicyclic) bond motifs is 1. The van der Waals surface area contributed by atoms with Gasteiger partial charge in [-0.1, -0.05) is 25.1 Å². The highest BCUT2D eigenvalue weighted by Crippen LogP contribution is 2.41. The Bertz CT molecular complexity index is 1850. The molecular formula is C40H52FN5O4S. The van der Waals surface area contributed by atoms with Crippen LogP contribution in [0, 0.1) is 18.2 Å². The first-order valence-electron chi connectivity index (χ1n) is 17.9. The zero-order valence-corrected chi connectivity index (χ0v) is 31.9. The molecule has 1 fully saturated rings. The van der Waals surface area contributed by atoms with Gasteiger partial charge in [-0.3, -0.25) is 0 Å². The normalized spacial score (nSPS) is 15.8. The minimum Gasteiger partial charge on any atom is -0.490 e. The summed E-state index contributed by atoms with van der Waals surface area (Å²) in [6.07, 6.45) is 9.70. The molecule has 0 amide bonds. The average Bonchev–Trinajstić information content (AvgIpc) is 3.71. The van der Waals surface area contributed by atoms with Gasteiger partial charge in [0.15, 0.2) is 11.8 Å². The zero-order chi connectivity index (χ0) is 36.9. The van der Waals surface area contributed by atoms with E-state index in [1.807, 2.05) is 57.5 Å². The van der Waals surface area contributed by atoms with Gasteiger partial charge in [-0.25, -0.2) is 19.2 Å². The fourth-order valence-electron chi connectivity index (χ4n) is 6.56. The average molecular weight is 718 g/mol. The smallest absolute Gasteiger partial charge is 0.340 e. The maximum Gasteiger partial charge on any atom is 0.340 e. The van der Waals surface area contributed by atoms with Crippen molar-refractivity contribution in [3.63, 3.8) is 0 Å². The standard InChI is InChI=1S/C40H52FN5O4S/c1-10-13-17-40(9)18-20-45(21-19-40)37-34(35(38(47)48-12-3)50-39(6,7)8)27(5)43-33-24-31(44-46(33)37)36-42-25-30(51-36)22-28-15-16-29(41)23-32(28)49-26(4)14-11-2/h10-11,15-16,23-26,35H,1-2,12-14,17-22H2,3-9H3. The number of carbonyl (C=O) groups excluding carboxylic acids is 1. The number of ether oxygens (including phenoxy) is 3. The van der Waals surface area contributed by atoms with Gasteiger partial charge >= 0.3 is 5.97 Å². The maximum absolute atomic E-state index is 14.2. The molecule has 3 aromatic heterocycles. The van der Waals surface area contributed by atoms with Crippen molar-refractivity contribution in [2.75, 3.05) is 24.6 Å². The molecule has 5 rings (SSSR count). The van der Waals surface area contributed by atoms with Crippen LogP contribution in [-0.2, 0) is 20.7 Å². The molecule has 4 aromatic rings. The summed E-state index contributed by atoms with van der Waals surface area (Å²) in [6.45, 7) is 23.3. The quantitative estimate of drug-likeness (QED) is 0.0888. The second-order valence-electron chi connectivity index (χ2n) is 14.7. The molecule has 2 unspecified atom stereocenters. The Morgan fingerprint density at radius 2 is 1.92 bits per heavy atom. The molecule has 2 atom stereocenters. The molecule has 0 saturated carbocycles. The molecule has 1 aliphatic heterocycles. The first-order chi connectivity index (χ1) is 24.2. The first-order valence-corrected chi connectivity index (χ1v) is 18.7. The van der Waals surface area contributed by atoms with Gasteiger partial charge in [0, 0.05) is 54.8 Å². The summed E-state index contributed by atoms with van der Waals surface area (Å²) in [5, 5.41) is 5.83. The molecule has 0 N–H and O–H groups in total. The van der Waals surface area contributed by atoms with Gasteiger partial charge < -0.3 is 19.1 Å². The number of allylic oxidation sites excluding steroid dienone is 1. The highest BCUT2D eigenvalue weighted by atomic mass is 32.1. The van der Waals surface area contributed by atoms with E-state index in [-0.39, 0.29) is 23.9 Å². The van der Waals surface area contributed by atoms with Crippen LogP contribution in [0.3, 0.4) is 0 Å². The lowest BCUT2D eigenvalue weighted by Gasteiger charge is -2.41. The topological polar surface area (TPSA) is 91.1 Å². The minimum absolute atomic E-state index is 0.133. The lowest BCUT2D eigenvalue weighted by molar-refractivity contribution is -0.166. The van der Waals surface area contributed by atoms with Crippen LogP contribution in [0.4, 0.5) is 10.2 Å². The third kappa shape index (κ3) is 9.23. The van der Waals surface area contributed by atoms with E-state index in [1.54, 1.807) is 19.1 Å². The number of rotatable bonds is 15. The molecule has 4 heterocycles. The number of thiazole rings is 1. The van der Waals surface area contributed by atoms with Crippen molar-refractivity contribution >= 4 is 28.8 Å². The van der Waals surface area contributed by atoms with E-state index in [0.717, 1.165) is 60.0 Å². The third-order valence-electron chi connectivity index (χ3n) is 9.25. The van der Waals surface area contributed by atoms with E-state index >= 15 is 0 Å². The lowest BCUT2D eigenvalue weighted by atomic mass is 9.76. The number of esters is 1. The van der Waals surface area contributed by atoms with Crippen molar-refractivity contribution in [1.82, 2.24) is 19.6 Å². The molecule has 1 aromatic carbocycles. The summed E-state index contributed by atoms with van der Waals surface area (Å²) in [7, 11) is 0. The zero-order valence-electron chi connectivity index (χ0n) is 31.1. The predicted octanol–water partition coefficient (Wildman–Crippen LogP) is 9.23. The Morgan fingerprint density at radius 3 is 2.59 bits per heavy atom. The van der Waals surface area contributed by atoms with Crippen LogP contribution >= 0.6 is 11.3 Å². The molecule has 11 heteroatoms. The monoisotopic (exact) mass is 717 g/mol. The molecule has 0 spiro atoms. The molecule has 1 aliphatic rings. The van der Waals surface area contributed by atoms with Gasteiger partial charge in [-0.15, -0.1) is 24.5 Å². The summed E-state index contributed by atoms with van der Waals surface area (Å²) in [5.74, 6) is 0.501. The molecule has 1 saturated heterocycles. The summed E-state index contributed by atoms with van der Waals surface area (Å²) < 4.78 is 34.2. The first kappa shape index (κ1) is 38.1. The molecule has 274 valence electrons. The van der Waals surface area contributed by atoms with Crippen LogP contribution in [0.25, 0.3) is 16.3 Å². The van der Waals surface area contributed by atoms with Crippen LogP contribution in [0.5, 0.6) is 5.75 Å². The minimum atomic E-state index is -0.994. The summed E-state index contributed by atoms with van der Waals surface area (Å²) in [5.41, 5.74) is 3.10. The second kappa shape index (κ2) is 16.1. The van der Waals surface area contributed by atoms with E-state index in [0.29, 0.717) is 41.2 Å². The number of nitrogens with zero attached hydrogens (tertiary/aromatic N) is 5. The molecule has 0 bridgehead atoms. The number of aryl methyl sites for hydroxylation is 1. The molecule has 51 heavy (non-hydrogen) atoms. The second-order valence-corrected chi connectivity index (χ2v) is 15.9. The van der Waals surface area contributed by atoms with E-state index in [2.05, 4.69) is 25.0 Å². The van der Waals surface area contributed by atoms with Crippen molar-refractivity contribution in [3.05, 3.63) is 83.3 Å². The number of halogens is 1. The van der Waals surface area contributed by atoms with Crippen LogP contribution in [-0.4, -0.2) is 57.0 Å². The van der Waals surface area contributed by atoms with Gasteiger partial charge in [0.05, 0.1) is 23.9 Å². The van der Waals surface area contributed by atoms with E-state index < -0.39 is 17.7 Å². The van der Waals surface area contributed by atoms with Gasteiger partial charge in [0.25, 0.3) is 0 Å². The number of carbonyl (C=O) groups is 1. The Labute approximate surface area is 305 Å². The van der Waals surface area contributed by atoms with Crippen molar-refractivity contribution in [3.8, 4) is 16.5 Å². The largest absolute Gasteiger partial charge is 0.490 e. The van der Waals surface area contributed by atoms with Gasteiger partial charge in [-0.05, 0) is 84.3 Å². The van der Waals surface area contributed by atoms with Crippen LogP contribution < -0.4 is 9.64 Å². The van der Waals surface area contributed by atoms with E-state index in [9.17, 15) is 9.18 Å². The Kier molecular flexibility index (Phi) is 12.0. The number of benzene rings is 1. The van der Waals surface area contributed by atoms with Crippen LogP contribution in [0.1, 0.15) is 101 Å².